The van der Waals surface area contributed by atoms with Gasteiger partial charge in [0.1, 0.15) is 17.1 Å². The van der Waals surface area contributed by atoms with Crippen LogP contribution in [0.25, 0.3) is 6.08 Å². The number of aromatic hydroxyl groups is 1. The first kappa shape index (κ1) is 24.8. The van der Waals surface area contributed by atoms with Crippen molar-refractivity contribution in [2.45, 2.75) is 112 Å². The number of rotatable bonds is 12. The van der Waals surface area contributed by atoms with Crippen LogP contribution < -0.4 is 4.74 Å². The summed E-state index contributed by atoms with van der Waals surface area (Å²) in [5, 5.41) is 10.1. The van der Waals surface area contributed by atoms with E-state index in [1.165, 1.54) is 51.4 Å². The Morgan fingerprint density at radius 3 is 2.03 bits per heavy atom. The number of benzene rings is 1. The number of phenols is 1. The summed E-state index contributed by atoms with van der Waals surface area (Å²) in [5.41, 5.74) is 2.71. The second kappa shape index (κ2) is 11.3. The fourth-order valence-corrected chi connectivity index (χ4v) is 4.61. The highest BCUT2D eigenvalue weighted by atomic mass is 16.5. The molecule has 0 radical (unpaired) electrons. The standard InChI is InChI=1S/C28H46O2/c1-20(2)11-8-12-21(3)13-9-14-22(4)15-10-17-28(7)18-16-25-19-26(29)23(5)24(6)27(25)30-28/h16,18-22,29H,8-15,17H2,1-7H3/t21-,22-,28-/m1/s1. The Morgan fingerprint density at radius 1 is 0.867 bits per heavy atom. The van der Waals surface area contributed by atoms with Crippen LogP contribution in [0.2, 0.25) is 0 Å². The number of fused-ring (bicyclic) bond motifs is 1. The number of hydrogen-bond donors (Lipinski definition) is 1. The van der Waals surface area contributed by atoms with Gasteiger partial charge < -0.3 is 9.84 Å². The van der Waals surface area contributed by atoms with Gasteiger partial charge in [-0.2, -0.15) is 0 Å². The molecular formula is C28H46O2. The molecule has 0 aliphatic carbocycles. The smallest absolute Gasteiger partial charge is 0.131 e. The van der Waals surface area contributed by atoms with Gasteiger partial charge in [0.15, 0.2) is 0 Å². The quantitative estimate of drug-likeness (QED) is 0.371. The minimum absolute atomic E-state index is 0.244. The number of ether oxygens (including phenoxy) is 1. The third kappa shape index (κ3) is 7.36. The van der Waals surface area contributed by atoms with E-state index < -0.39 is 0 Å². The van der Waals surface area contributed by atoms with Crippen molar-refractivity contribution in [2.24, 2.45) is 17.8 Å². The molecule has 30 heavy (non-hydrogen) atoms. The summed E-state index contributed by atoms with van der Waals surface area (Å²) in [7, 11) is 0. The van der Waals surface area contributed by atoms with Crippen molar-refractivity contribution < 1.29 is 9.84 Å². The molecule has 0 amide bonds. The molecule has 2 rings (SSSR count). The Balaban J connectivity index is 1.71. The molecule has 2 heteroatoms. The molecule has 0 saturated carbocycles. The molecule has 3 atom stereocenters. The molecule has 0 aromatic heterocycles. The second-order valence-corrected chi connectivity index (χ2v) is 10.7. The van der Waals surface area contributed by atoms with Crippen LogP contribution in [0.1, 0.15) is 109 Å². The van der Waals surface area contributed by atoms with E-state index in [1.54, 1.807) is 0 Å². The average Bonchev–Trinajstić information content (AvgIpc) is 2.67. The van der Waals surface area contributed by atoms with Crippen molar-refractivity contribution in [2.75, 3.05) is 0 Å². The van der Waals surface area contributed by atoms with Gasteiger partial charge in [0.05, 0.1) is 0 Å². The summed E-state index contributed by atoms with van der Waals surface area (Å²) in [5.74, 6) is 3.80. The summed E-state index contributed by atoms with van der Waals surface area (Å²) in [6.45, 7) is 15.7. The van der Waals surface area contributed by atoms with E-state index in [-0.39, 0.29) is 5.60 Å². The molecule has 0 bridgehead atoms. The lowest BCUT2D eigenvalue weighted by Gasteiger charge is -2.33. The number of hydrogen-bond acceptors (Lipinski definition) is 2. The highest BCUT2D eigenvalue weighted by molar-refractivity contribution is 5.67. The summed E-state index contributed by atoms with van der Waals surface area (Å²) in [6.07, 6.45) is 16.1. The van der Waals surface area contributed by atoms with Crippen molar-refractivity contribution in [1.29, 1.82) is 0 Å². The maximum atomic E-state index is 10.1. The monoisotopic (exact) mass is 414 g/mol. The molecule has 1 heterocycles. The Morgan fingerprint density at radius 2 is 1.43 bits per heavy atom. The van der Waals surface area contributed by atoms with Crippen molar-refractivity contribution in [3.8, 4) is 11.5 Å². The van der Waals surface area contributed by atoms with Crippen LogP contribution in [0.5, 0.6) is 11.5 Å². The molecule has 1 aliphatic rings. The van der Waals surface area contributed by atoms with Gasteiger partial charge in [-0.1, -0.05) is 78.7 Å². The zero-order valence-electron chi connectivity index (χ0n) is 20.7. The van der Waals surface area contributed by atoms with Gasteiger partial charge in [-0.3, -0.25) is 0 Å². The Labute approximate surface area is 186 Å². The molecule has 0 spiro atoms. The minimum Gasteiger partial charge on any atom is -0.508 e. The normalized spacial score (nSPS) is 20.1. The predicted octanol–water partition coefficient (Wildman–Crippen LogP) is 8.61. The van der Waals surface area contributed by atoms with E-state index in [0.29, 0.717) is 5.75 Å². The summed E-state index contributed by atoms with van der Waals surface area (Å²) >= 11 is 0. The van der Waals surface area contributed by atoms with Crippen molar-refractivity contribution in [3.63, 3.8) is 0 Å². The lowest BCUT2D eigenvalue weighted by molar-refractivity contribution is 0.121. The largest absolute Gasteiger partial charge is 0.508 e. The summed E-state index contributed by atoms with van der Waals surface area (Å²) in [4.78, 5) is 0. The fraction of sp³-hybridized carbons (Fsp3) is 0.714. The lowest BCUT2D eigenvalue weighted by Crippen LogP contribution is -2.32. The average molecular weight is 415 g/mol. The highest BCUT2D eigenvalue weighted by Crippen LogP contribution is 2.40. The Hall–Kier alpha value is -1.44. The highest BCUT2D eigenvalue weighted by Gasteiger charge is 2.29. The van der Waals surface area contributed by atoms with Crippen LogP contribution in [0.4, 0.5) is 0 Å². The first-order chi connectivity index (χ1) is 14.1. The van der Waals surface area contributed by atoms with E-state index >= 15 is 0 Å². The van der Waals surface area contributed by atoms with E-state index in [2.05, 4.69) is 46.8 Å². The van der Waals surface area contributed by atoms with Crippen LogP contribution in [-0.4, -0.2) is 10.7 Å². The van der Waals surface area contributed by atoms with Crippen LogP contribution in [-0.2, 0) is 0 Å². The Kier molecular flexibility index (Phi) is 9.31. The van der Waals surface area contributed by atoms with Gasteiger partial charge in [-0.15, -0.1) is 0 Å². The van der Waals surface area contributed by atoms with E-state index in [0.717, 1.165) is 46.6 Å². The SMILES string of the molecule is Cc1c(O)cc2c(c1C)O[C@](C)(CCC[C@H](C)CCC[C@H](C)CCCC(C)C)C=C2. The maximum Gasteiger partial charge on any atom is 0.131 e. The van der Waals surface area contributed by atoms with Crippen LogP contribution >= 0.6 is 0 Å². The third-order valence-corrected chi connectivity index (χ3v) is 7.03. The van der Waals surface area contributed by atoms with Gasteiger partial charge in [-0.05, 0) is 74.6 Å². The first-order valence-corrected chi connectivity index (χ1v) is 12.3. The van der Waals surface area contributed by atoms with Gasteiger partial charge >= 0.3 is 0 Å². The van der Waals surface area contributed by atoms with Crippen molar-refractivity contribution in [1.82, 2.24) is 0 Å². The summed E-state index contributed by atoms with van der Waals surface area (Å²) < 4.78 is 6.44. The van der Waals surface area contributed by atoms with Crippen molar-refractivity contribution >= 4 is 6.08 Å². The molecule has 0 unspecified atom stereocenters. The van der Waals surface area contributed by atoms with E-state index in [9.17, 15) is 5.11 Å². The summed E-state index contributed by atoms with van der Waals surface area (Å²) in [6, 6.07) is 1.82. The van der Waals surface area contributed by atoms with E-state index in [4.69, 9.17) is 4.74 Å². The fourth-order valence-electron chi connectivity index (χ4n) is 4.61. The molecule has 170 valence electrons. The van der Waals surface area contributed by atoms with Crippen molar-refractivity contribution in [3.05, 3.63) is 28.8 Å². The molecule has 1 aromatic rings. The molecule has 0 saturated heterocycles. The van der Waals surface area contributed by atoms with E-state index in [1.807, 2.05) is 19.9 Å². The molecule has 2 nitrogen and oxygen atoms in total. The lowest BCUT2D eigenvalue weighted by atomic mass is 9.89. The van der Waals surface area contributed by atoms with Gasteiger partial charge in [0, 0.05) is 5.56 Å². The van der Waals surface area contributed by atoms with Crippen LogP contribution in [0, 0.1) is 31.6 Å². The third-order valence-electron chi connectivity index (χ3n) is 7.03. The number of phenolic OH excluding ortho intramolecular Hbond substituents is 1. The van der Waals surface area contributed by atoms with Gasteiger partial charge in [0.2, 0.25) is 0 Å². The molecule has 1 N–H and O–H groups in total. The zero-order valence-corrected chi connectivity index (χ0v) is 20.7. The Bertz CT molecular complexity index is 703. The zero-order chi connectivity index (χ0) is 22.3. The molecular weight excluding hydrogens is 368 g/mol. The topological polar surface area (TPSA) is 29.5 Å². The predicted molar refractivity (Wildman–Crippen MR) is 130 cm³/mol. The van der Waals surface area contributed by atoms with Gasteiger partial charge in [0.25, 0.3) is 0 Å². The minimum atomic E-state index is -0.244. The first-order valence-electron chi connectivity index (χ1n) is 12.3. The second-order valence-electron chi connectivity index (χ2n) is 10.7. The molecule has 1 aliphatic heterocycles. The molecule has 1 aromatic carbocycles. The van der Waals surface area contributed by atoms with Gasteiger partial charge in [-0.25, -0.2) is 0 Å². The van der Waals surface area contributed by atoms with Crippen LogP contribution in [0.15, 0.2) is 12.1 Å². The van der Waals surface area contributed by atoms with Crippen LogP contribution in [0.3, 0.4) is 0 Å². The molecule has 0 fully saturated rings. The maximum absolute atomic E-state index is 10.1.